The summed E-state index contributed by atoms with van der Waals surface area (Å²) >= 11 is 0. The van der Waals surface area contributed by atoms with Crippen LogP contribution in [0.4, 0.5) is 0 Å². The Kier molecular flexibility index (Phi) is 9.15. The van der Waals surface area contributed by atoms with Crippen LogP contribution in [0.1, 0.15) is 127 Å². The molecule has 4 saturated carbocycles. The molecule has 0 aromatic carbocycles. The summed E-state index contributed by atoms with van der Waals surface area (Å²) < 4.78 is 12.7. The van der Waals surface area contributed by atoms with Crippen LogP contribution in [0.25, 0.3) is 0 Å². The average molecular weight is 697 g/mol. The third-order valence-corrected chi connectivity index (χ3v) is 17.1. The Balaban J connectivity index is 1.15. The number of ether oxygens (including phenoxy) is 2. The van der Waals surface area contributed by atoms with E-state index in [-0.39, 0.29) is 51.4 Å². The standard InChI is InChI=1S/C42H68N2O6/c1-10-43-19-21-44(22-20-43)36(48)39(6)16-15-38(5)17-18-41(8)27(28(38)25-39)23-30(46)35-40(7)13-12-32(37(3,4)31(40)11-14-42(35,41)9)50-33-24-29(45)34(47)26(2)49-33/h23,26,28-29,31-35,45,47H,10-22,24-25H2,1-9H3/t26?,28-,29+,31-,32-,33?,34-,35+,38+,39-,40-,41+,42+/m0/s1. The maximum Gasteiger partial charge on any atom is 0.228 e. The van der Waals surface area contributed by atoms with Gasteiger partial charge in [0.05, 0.1) is 18.3 Å². The third-order valence-electron chi connectivity index (χ3n) is 17.1. The fourth-order valence-corrected chi connectivity index (χ4v) is 13.5. The van der Waals surface area contributed by atoms with Crippen molar-refractivity contribution < 1.29 is 29.3 Å². The highest BCUT2D eigenvalue weighted by Gasteiger charge is 2.70. The molecule has 2 unspecified atom stereocenters. The summed E-state index contributed by atoms with van der Waals surface area (Å²) in [7, 11) is 0. The summed E-state index contributed by atoms with van der Waals surface area (Å²) in [5.41, 5.74) is 0.514. The number of allylic oxidation sites excluding steroid dienone is 2. The normalized spacial score (nSPS) is 50.7. The minimum atomic E-state index is -0.896. The number of piperazine rings is 1. The molecule has 0 radical (unpaired) electrons. The molecular formula is C42H68N2O6. The van der Waals surface area contributed by atoms with E-state index in [0.717, 1.165) is 90.5 Å². The number of carbonyl (C=O) groups excluding carboxylic acids is 2. The summed E-state index contributed by atoms with van der Waals surface area (Å²) in [6, 6.07) is 0. The number of ketones is 1. The van der Waals surface area contributed by atoms with E-state index in [2.05, 4.69) is 71.3 Å². The zero-order chi connectivity index (χ0) is 36.2. The van der Waals surface area contributed by atoms with Crippen LogP contribution >= 0.6 is 0 Å². The zero-order valence-corrected chi connectivity index (χ0v) is 32.7. The molecule has 8 nitrogen and oxygen atoms in total. The molecule has 13 atom stereocenters. The smallest absolute Gasteiger partial charge is 0.228 e. The number of rotatable bonds is 4. The maximum atomic E-state index is 14.9. The van der Waals surface area contributed by atoms with E-state index in [9.17, 15) is 19.8 Å². The maximum absolute atomic E-state index is 14.9. The van der Waals surface area contributed by atoms with Crippen molar-refractivity contribution >= 4 is 11.7 Å². The second-order valence-corrected chi connectivity index (χ2v) is 20.0. The Morgan fingerprint density at radius 1 is 0.940 bits per heavy atom. The molecule has 50 heavy (non-hydrogen) atoms. The Bertz CT molecular complexity index is 1380. The van der Waals surface area contributed by atoms with Crippen LogP contribution in [0.3, 0.4) is 0 Å². The molecule has 8 heteroatoms. The highest BCUT2D eigenvalue weighted by Crippen LogP contribution is 2.75. The number of nitrogens with zero attached hydrogens (tertiary/aromatic N) is 2. The molecule has 1 amide bonds. The second kappa shape index (κ2) is 12.4. The first-order valence-corrected chi connectivity index (χ1v) is 20.3. The molecule has 2 heterocycles. The van der Waals surface area contributed by atoms with Crippen molar-refractivity contribution in [1.82, 2.24) is 9.80 Å². The van der Waals surface area contributed by atoms with Crippen molar-refractivity contribution in [3.8, 4) is 0 Å². The lowest BCUT2D eigenvalue weighted by molar-refractivity contribution is -0.290. The summed E-state index contributed by atoms with van der Waals surface area (Å²) in [6.45, 7) is 25.3. The van der Waals surface area contributed by atoms with Crippen LogP contribution in [0, 0.1) is 50.2 Å². The Labute approximate surface area is 302 Å². The molecule has 0 aromatic rings. The fourth-order valence-electron chi connectivity index (χ4n) is 13.5. The van der Waals surface area contributed by atoms with E-state index in [4.69, 9.17) is 9.47 Å². The van der Waals surface area contributed by atoms with Gasteiger partial charge >= 0.3 is 0 Å². The van der Waals surface area contributed by atoms with Gasteiger partial charge in [-0.15, -0.1) is 0 Å². The van der Waals surface area contributed by atoms with Gasteiger partial charge in [0.1, 0.15) is 6.10 Å². The van der Waals surface area contributed by atoms with E-state index in [1.807, 2.05) is 0 Å². The van der Waals surface area contributed by atoms with Crippen molar-refractivity contribution in [2.45, 2.75) is 157 Å². The molecule has 2 aliphatic heterocycles. The van der Waals surface area contributed by atoms with Crippen molar-refractivity contribution in [3.63, 3.8) is 0 Å². The van der Waals surface area contributed by atoms with Crippen molar-refractivity contribution in [2.75, 3.05) is 32.7 Å². The van der Waals surface area contributed by atoms with Gasteiger partial charge < -0.3 is 29.5 Å². The summed E-state index contributed by atoms with van der Waals surface area (Å²) in [4.78, 5) is 33.8. The molecule has 0 aromatic heterocycles. The van der Waals surface area contributed by atoms with Gasteiger partial charge in [0.15, 0.2) is 12.1 Å². The monoisotopic (exact) mass is 697 g/mol. The number of aliphatic hydroxyl groups is 2. The predicted octanol–water partition coefficient (Wildman–Crippen LogP) is 6.37. The van der Waals surface area contributed by atoms with E-state index >= 15 is 0 Å². The first-order chi connectivity index (χ1) is 23.3. The van der Waals surface area contributed by atoms with Gasteiger partial charge in [0, 0.05) is 43.9 Å². The fraction of sp³-hybridized carbons (Fsp3) is 0.905. The number of likely N-dealkylation sites (N-methyl/N-ethyl adjacent to an activating group) is 1. The minimum absolute atomic E-state index is 0.0530. The Morgan fingerprint density at radius 2 is 1.62 bits per heavy atom. The van der Waals surface area contributed by atoms with Crippen LogP contribution in [0.15, 0.2) is 11.6 Å². The molecular weight excluding hydrogens is 628 g/mol. The number of carbonyl (C=O) groups is 2. The molecule has 282 valence electrons. The quantitative estimate of drug-likeness (QED) is 0.330. The van der Waals surface area contributed by atoms with Gasteiger partial charge in [0.2, 0.25) is 5.91 Å². The first-order valence-electron chi connectivity index (χ1n) is 20.3. The number of amides is 1. The topological polar surface area (TPSA) is 99.5 Å². The van der Waals surface area contributed by atoms with Crippen LogP contribution in [-0.2, 0) is 19.1 Å². The molecule has 2 saturated heterocycles. The molecule has 7 rings (SSSR count). The minimum Gasteiger partial charge on any atom is -0.390 e. The van der Waals surface area contributed by atoms with E-state index in [1.165, 1.54) is 5.57 Å². The first kappa shape index (κ1) is 37.0. The number of hydrogen-bond donors (Lipinski definition) is 2. The Morgan fingerprint density at radius 3 is 2.28 bits per heavy atom. The largest absolute Gasteiger partial charge is 0.390 e. The van der Waals surface area contributed by atoms with Gasteiger partial charge in [-0.25, -0.2) is 0 Å². The van der Waals surface area contributed by atoms with Crippen LogP contribution in [-0.4, -0.2) is 95.1 Å². The second-order valence-electron chi connectivity index (χ2n) is 20.0. The number of hydrogen-bond acceptors (Lipinski definition) is 7. The average Bonchev–Trinajstić information content (AvgIpc) is 3.06. The Hall–Kier alpha value is -1.32. The SMILES string of the molecule is CCN1CCN(C(=O)[C@@]2(C)CC[C@]3(C)CC[C@]4(C)C(=CC(=O)[C@@H]5[C@@]6(C)CC[C@H](OC7C[C@@H](O)[C@@H](O)C(C)O7)C(C)(C)[C@@H]6CC[C@]54C)[C@@H]3C2)CC1. The summed E-state index contributed by atoms with van der Waals surface area (Å²) in [5, 5.41) is 20.7. The molecule has 7 aliphatic rings. The summed E-state index contributed by atoms with van der Waals surface area (Å²) in [5.74, 6) is 1.16. The van der Waals surface area contributed by atoms with Crippen LogP contribution in [0.2, 0.25) is 0 Å². The van der Waals surface area contributed by atoms with Crippen molar-refractivity contribution in [1.29, 1.82) is 0 Å². The summed E-state index contributed by atoms with van der Waals surface area (Å²) in [6.07, 6.45) is 8.50. The van der Waals surface area contributed by atoms with Gasteiger partial charge in [-0.05, 0) is 116 Å². The van der Waals surface area contributed by atoms with E-state index in [0.29, 0.717) is 17.6 Å². The highest BCUT2D eigenvalue weighted by atomic mass is 16.7. The van der Waals surface area contributed by atoms with E-state index < -0.39 is 30.0 Å². The molecule has 5 aliphatic carbocycles. The lowest BCUT2D eigenvalue weighted by Gasteiger charge is -2.70. The van der Waals surface area contributed by atoms with Gasteiger partial charge in [-0.3, -0.25) is 9.59 Å². The predicted molar refractivity (Wildman–Crippen MR) is 194 cm³/mol. The van der Waals surface area contributed by atoms with Crippen molar-refractivity contribution in [3.05, 3.63) is 11.6 Å². The van der Waals surface area contributed by atoms with Gasteiger partial charge in [0.25, 0.3) is 0 Å². The molecule has 2 N–H and O–H groups in total. The third kappa shape index (κ3) is 5.37. The van der Waals surface area contributed by atoms with Gasteiger partial charge in [-0.1, -0.05) is 61.0 Å². The molecule has 0 spiro atoms. The number of aliphatic hydroxyl groups excluding tert-OH is 2. The lowest BCUT2D eigenvalue weighted by atomic mass is 9.33. The zero-order valence-electron chi connectivity index (χ0n) is 32.7. The molecule has 0 bridgehead atoms. The van der Waals surface area contributed by atoms with Crippen LogP contribution < -0.4 is 0 Å². The lowest BCUT2D eigenvalue weighted by Crippen LogP contribution is -2.67. The van der Waals surface area contributed by atoms with E-state index in [1.54, 1.807) is 6.92 Å². The highest BCUT2D eigenvalue weighted by molar-refractivity contribution is 5.95. The van der Waals surface area contributed by atoms with Crippen molar-refractivity contribution in [2.24, 2.45) is 50.2 Å². The number of fused-ring (bicyclic) bond motifs is 7. The van der Waals surface area contributed by atoms with Gasteiger partial charge in [-0.2, -0.15) is 0 Å². The van der Waals surface area contributed by atoms with Crippen LogP contribution in [0.5, 0.6) is 0 Å². The molecule has 6 fully saturated rings.